The maximum atomic E-state index is 11.7. The lowest BCUT2D eigenvalue weighted by Crippen LogP contribution is -2.48. The van der Waals surface area contributed by atoms with Crippen LogP contribution in [0.2, 0.25) is 0 Å². The van der Waals surface area contributed by atoms with Gasteiger partial charge in [0.25, 0.3) is 0 Å². The first kappa shape index (κ1) is 11.0. The van der Waals surface area contributed by atoms with Gasteiger partial charge in [-0.3, -0.25) is 4.79 Å². The van der Waals surface area contributed by atoms with Crippen molar-refractivity contribution in [2.24, 2.45) is 5.92 Å². The number of rotatable bonds is 3. The van der Waals surface area contributed by atoms with E-state index >= 15 is 0 Å². The van der Waals surface area contributed by atoms with Crippen LogP contribution in [0.3, 0.4) is 0 Å². The van der Waals surface area contributed by atoms with Gasteiger partial charge in [0.1, 0.15) is 0 Å². The Hall–Kier alpha value is -1.55. The molecule has 0 spiro atoms. The Morgan fingerprint density at radius 2 is 1.94 bits per heavy atom. The van der Waals surface area contributed by atoms with Gasteiger partial charge in [0.05, 0.1) is 5.92 Å². The first-order valence-electron chi connectivity index (χ1n) is 5.46. The molecule has 0 atom stereocenters. The molecule has 0 aliphatic carbocycles. The summed E-state index contributed by atoms with van der Waals surface area (Å²) in [6.45, 7) is 1.59. The lowest BCUT2D eigenvalue weighted by atomic mass is 10.0. The zero-order chi connectivity index (χ0) is 11.5. The third-order valence-electron chi connectivity index (χ3n) is 2.80. The first-order chi connectivity index (χ1) is 7.66. The van der Waals surface area contributed by atoms with E-state index in [0.717, 1.165) is 24.5 Å². The summed E-state index contributed by atoms with van der Waals surface area (Å²) in [5.41, 5.74) is 1.99. The van der Waals surface area contributed by atoms with E-state index in [-0.39, 0.29) is 11.8 Å². The highest BCUT2D eigenvalue weighted by molar-refractivity contribution is 5.93. The fourth-order valence-electron chi connectivity index (χ4n) is 1.56. The van der Waals surface area contributed by atoms with Crippen LogP contribution in [0.4, 0.5) is 11.4 Å². The summed E-state index contributed by atoms with van der Waals surface area (Å²) in [4.78, 5) is 13.7. The molecule has 0 bridgehead atoms. The summed E-state index contributed by atoms with van der Waals surface area (Å²) in [5, 5.41) is 6.00. The molecule has 4 heteroatoms. The minimum Gasteiger partial charge on any atom is -0.378 e. The van der Waals surface area contributed by atoms with E-state index in [9.17, 15) is 4.79 Å². The van der Waals surface area contributed by atoms with Crippen molar-refractivity contribution >= 4 is 17.3 Å². The van der Waals surface area contributed by atoms with E-state index in [1.807, 2.05) is 43.3 Å². The van der Waals surface area contributed by atoms with Crippen molar-refractivity contribution in [3.8, 4) is 0 Å². The second-order valence-corrected chi connectivity index (χ2v) is 4.29. The molecule has 1 heterocycles. The van der Waals surface area contributed by atoms with E-state index in [1.54, 1.807) is 0 Å². The van der Waals surface area contributed by atoms with Crippen molar-refractivity contribution in [3.05, 3.63) is 24.3 Å². The fourth-order valence-corrected chi connectivity index (χ4v) is 1.56. The average molecular weight is 219 g/mol. The molecule has 86 valence electrons. The largest absolute Gasteiger partial charge is 0.378 e. The number of hydrogen-bond donors (Lipinski definition) is 2. The Labute approximate surface area is 95.6 Å². The third kappa shape index (κ3) is 2.33. The highest BCUT2D eigenvalue weighted by Gasteiger charge is 2.24. The van der Waals surface area contributed by atoms with Gasteiger partial charge < -0.3 is 15.5 Å². The van der Waals surface area contributed by atoms with Crippen molar-refractivity contribution < 1.29 is 4.79 Å². The molecule has 1 aromatic carbocycles. The average Bonchev–Trinajstić information content (AvgIpc) is 2.15. The maximum absolute atomic E-state index is 11.7. The Balaban J connectivity index is 1.96. The molecule has 0 aromatic heterocycles. The van der Waals surface area contributed by atoms with Crippen LogP contribution in [0.5, 0.6) is 0 Å². The Bertz CT molecular complexity index is 368. The molecule has 16 heavy (non-hydrogen) atoms. The molecule has 4 nitrogen and oxygen atoms in total. The second-order valence-electron chi connectivity index (χ2n) is 4.29. The monoisotopic (exact) mass is 219 g/mol. The molecular formula is C12H17N3O. The molecule has 1 aliphatic rings. The van der Waals surface area contributed by atoms with Crippen LogP contribution in [0, 0.1) is 5.92 Å². The lowest BCUT2D eigenvalue weighted by molar-refractivity contribution is -0.121. The van der Waals surface area contributed by atoms with Gasteiger partial charge >= 0.3 is 0 Å². The van der Waals surface area contributed by atoms with Crippen molar-refractivity contribution in [1.29, 1.82) is 0 Å². The van der Waals surface area contributed by atoms with Gasteiger partial charge in [-0.15, -0.1) is 0 Å². The molecule has 2 rings (SSSR count). The Morgan fingerprint density at radius 1 is 1.31 bits per heavy atom. The predicted octanol–water partition coefficient (Wildman–Crippen LogP) is 0.910. The fraction of sp³-hybridized carbons (Fsp3) is 0.417. The normalized spacial score (nSPS) is 15.4. The van der Waals surface area contributed by atoms with Crippen LogP contribution in [0.1, 0.15) is 0 Å². The number of nitrogens with one attached hydrogen (secondary N) is 2. The smallest absolute Gasteiger partial charge is 0.230 e. The zero-order valence-corrected chi connectivity index (χ0v) is 9.66. The molecule has 0 radical (unpaired) electrons. The van der Waals surface area contributed by atoms with Gasteiger partial charge in [0.2, 0.25) is 5.91 Å². The maximum Gasteiger partial charge on any atom is 0.230 e. The van der Waals surface area contributed by atoms with Gasteiger partial charge in [-0.2, -0.15) is 0 Å². The molecule has 0 saturated carbocycles. The minimum absolute atomic E-state index is 0.108. The van der Waals surface area contributed by atoms with Gasteiger partial charge in [-0.25, -0.2) is 0 Å². The van der Waals surface area contributed by atoms with Gasteiger partial charge in [0.15, 0.2) is 0 Å². The SMILES string of the molecule is CN(C)c1ccc(NC(=O)C2CNC2)cc1. The third-order valence-corrected chi connectivity index (χ3v) is 2.80. The number of benzene rings is 1. The van der Waals surface area contributed by atoms with Crippen molar-refractivity contribution in [2.75, 3.05) is 37.4 Å². The van der Waals surface area contributed by atoms with Gasteiger partial charge in [0, 0.05) is 38.6 Å². The molecule has 1 fully saturated rings. The van der Waals surface area contributed by atoms with E-state index in [1.165, 1.54) is 0 Å². The minimum atomic E-state index is 0.108. The predicted molar refractivity (Wildman–Crippen MR) is 65.8 cm³/mol. The molecule has 1 amide bonds. The summed E-state index contributed by atoms with van der Waals surface area (Å²) in [6.07, 6.45) is 0. The molecule has 2 N–H and O–H groups in total. The van der Waals surface area contributed by atoms with Gasteiger partial charge in [-0.05, 0) is 24.3 Å². The van der Waals surface area contributed by atoms with E-state index < -0.39 is 0 Å². The molecule has 1 aromatic rings. The Morgan fingerprint density at radius 3 is 2.38 bits per heavy atom. The summed E-state index contributed by atoms with van der Waals surface area (Å²) < 4.78 is 0. The van der Waals surface area contributed by atoms with E-state index in [4.69, 9.17) is 0 Å². The molecule has 0 unspecified atom stereocenters. The van der Waals surface area contributed by atoms with Gasteiger partial charge in [-0.1, -0.05) is 0 Å². The number of nitrogens with zero attached hydrogens (tertiary/aromatic N) is 1. The Kier molecular flexibility index (Phi) is 3.10. The summed E-state index contributed by atoms with van der Waals surface area (Å²) >= 11 is 0. The number of anilines is 2. The number of carbonyl (C=O) groups excluding carboxylic acids is 1. The molecule has 1 aliphatic heterocycles. The quantitative estimate of drug-likeness (QED) is 0.794. The van der Waals surface area contributed by atoms with Crippen LogP contribution in [0.25, 0.3) is 0 Å². The second kappa shape index (κ2) is 4.53. The van der Waals surface area contributed by atoms with E-state index in [2.05, 4.69) is 10.6 Å². The summed E-state index contributed by atoms with van der Waals surface area (Å²) in [5.74, 6) is 0.241. The first-order valence-corrected chi connectivity index (χ1v) is 5.46. The zero-order valence-electron chi connectivity index (χ0n) is 9.66. The topological polar surface area (TPSA) is 44.4 Å². The molecular weight excluding hydrogens is 202 g/mol. The summed E-state index contributed by atoms with van der Waals surface area (Å²) in [6, 6.07) is 7.85. The van der Waals surface area contributed by atoms with Crippen LogP contribution in [0.15, 0.2) is 24.3 Å². The van der Waals surface area contributed by atoms with Crippen LogP contribution < -0.4 is 15.5 Å². The molecule has 1 saturated heterocycles. The van der Waals surface area contributed by atoms with E-state index in [0.29, 0.717) is 0 Å². The number of carbonyl (C=O) groups is 1. The van der Waals surface area contributed by atoms with Crippen molar-refractivity contribution in [3.63, 3.8) is 0 Å². The van der Waals surface area contributed by atoms with Crippen LogP contribution in [-0.4, -0.2) is 33.1 Å². The van der Waals surface area contributed by atoms with Crippen molar-refractivity contribution in [2.45, 2.75) is 0 Å². The lowest BCUT2D eigenvalue weighted by Gasteiger charge is -2.25. The number of amides is 1. The highest BCUT2D eigenvalue weighted by Crippen LogP contribution is 2.16. The van der Waals surface area contributed by atoms with Crippen LogP contribution >= 0.6 is 0 Å². The summed E-state index contributed by atoms with van der Waals surface area (Å²) in [7, 11) is 3.99. The standard InChI is InChI=1S/C12H17N3O/c1-15(2)11-5-3-10(4-6-11)14-12(16)9-7-13-8-9/h3-6,9,13H,7-8H2,1-2H3,(H,14,16). The highest BCUT2D eigenvalue weighted by atomic mass is 16.2. The van der Waals surface area contributed by atoms with Crippen molar-refractivity contribution in [1.82, 2.24) is 5.32 Å². The van der Waals surface area contributed by atoms with Crippen LogP contribution in [-0.2, 0) is 4.79 Å². The number of hydrogen-bond acceptors (Lipinski definition) is 3.